The molecule has 1 aromatic carbocycles. The first-order valence-electron chi connectivity index (χ1n) is 5.91. The van der Waals surface area contributed by atoms with Crippen molar-refractivity contribution in [1.82, 2.24) is 4.90 Å². The van der Waals surface area contributed by atoms with Gasteiger partial charge in [-0.05, 0) is 25.5 Å². The van der Waals surface area contributed by atoms with E-state index in [1.54, 1.807) is 0 Å². The monoisotopic (exact) mass is 233 g/mol. The molecule has 1 heterocycles. The lowest BCUT2D eigenvalue weighted by Crippen LogP contribution is -2.44. The topological polar surface area (TPSA) is 50.8 Å². The molecule has 0 saturated carbocycles. The number of guanidine groups is 1. The maximum Gasteiger partial charge on any atom is 0.196 e. The Morgan fingerprint density at radius 3 is 2.65 bits per heavy atom. The molecule has 1 aliphatic rings. The molecule has 1 fully saturated rings. The van der Waals surface area contributed by atoms with Gasteiger partial charge in [-0.3, -0.25) is 0 Å². The molecule has 1 aliphatic heterocycles. The van der Waals surface area contributed by atoms with Crippen LogP contribution in [0.25, 0.3) is 0 Å². The van der Waals surface area contributed by atoms with Gasteiger partial charge >= 0.3 is 0 Å². The summed E-state index contributed by atoms with van der Waals surface area (Å²) >= 11 is 0. The lowest BCUT2D eigenvalue weighted by molar-refractivity contribution is 0.0675. The minimum Gasteiger partial charge on any atom is -0.378 e. The van der Waals surface area contributed by atoms with E-state index in [1.165, 1.54) is 5.56 Å². The van der Waals surface area contributed by atoms with Gasteiger partial charge in [0.25, 0.3) is 0 Å². The molecule has 1 aromatic rings. The fourth-order valence-electron chi connectivity index (χ4n) is 1.92. The van der Waals surface area contributed by atoms with Gasteiger partial charge in [0.05, 0.1) is 18.9 Å². The minimum atomic E-state index is 0.584. The van der Waals surface area contributed by atoms with E-state index in [0.717, 1.165) is 37.6 Å². The molecule has 4 heteroatoms. The van der Waals surface area contributed by atoms with Crippen LogP contribution in [0.15, 0.2) is 23.2 Å². The Bertz CT molecular complexity index is 423. The Kier molecular flexibility index (Phi) is 3.64. The van der Waals surface area contributed by atoms with Crippen molar-refractivity contribution in [2.45, 2.75) is 13.8 Å². The molecular formula is C13H19N3O. The van der Waals surface area contributed by atoms with E-state index < -0.39 is 0 Å². The van der Waals surface area contributed by atoms with Gasteiger partial charge in [0.15, 0.2) is 5.96 Å². The van der Waals surface area contributed by atoms with Gasteiger partial charge in [-0.15, -0.1) is 0 Å². The highest BCUT2D eigenvalue weighted by atomic mass is 16.5. The van der Waals surface area contributed by atoms with E-state index in [-0.39, 0.29) is 0 Å². The number of hydrogen-bond acceptors (Lipinski definition) is 2. The largest absolute Gasteiger partial charge is 0.378 e. The highest BCUT2D eigenvalue weighted by Gasteiger charge is 2.12. The number of morpholine rings is 1. The predicted octanol–water partition coefficient (Wildman–Crippen LogP) is 1.58. The van der Waals surface area contributed by atoms with Crippen LogP contribution in [0.1, 0.15) is 11.1 Å². The van der Waals surface area contributed by atoms with Crippen molar-refractivity contribution < 1.29 is 4.74 Å². The van der Waals surface area contributed by atoms with Gasteiger partial charge in [-0.25, -0.2) is 4.99 Å². The van der Waals surface area contributed by atoms with Crippen molar-refractivity contribution in [2.75, 3.05) is 26.3 Å². The number of hydrogen-bond donors (Lipinski definition) is 1. The van der Waals surface area contributed by atoms with Crippen LogP contribution in [-0.4, -0.2) is 37.2 Å². The van der Waals surface area contributed by atoms with Crippen LogP contribution in [0.4, 0.5) is 5.69 Å². The summed E-state index contributed by atoms with van der Waals surface area (Å²) in [6, 6.07) is 6.18. The van der Waals surface area contributed by atoms with Crippen molar-refractivity contribution in [3.05, 3.63) is 29.3 Å². The normalized spacial score (nSPS) is 17.3. The highest BCUT2D eigenvalue weighted by Crippen LogP contribution is 2.19. The lowest BCUT2D eigenvalue weighted by Gasteiger charge is -2.27. The number of aryl methyl sites for hydroxylation is 2. The average molecular weight is 233 g/mol. The molecule has 0 unspecified atom stereocenters. The van der Waals surface area contributed by atoms with Gasteiger partial charge in [0.1, 0.15) is 0 Å². The number of rotatable bonds is 1. The van der Waals surface area contributed by atoms with E-state index >= 15 is 0 Å². The molecule has 0 aliphatic carbocycles. The Balaban J connectivity index is 2.16. The standard InChI is InChI=1S/C13H19N3O/c1-10-3-4-12(11(2)9-10)15-13(14)16-5-7-17-8-6-16/h3-4,9H,5-8H2,1-2H3,(H2,14,15). The summed E-state index contributed by atoms with van der Waals surface area (Å²) in [7, 11) is 0. The van der Waals surface area contributed by atoms with E-state index in [2.05, 4.69) is 35.9 Å². The van der Waals surface area contributed by atoms with E-state index in [1.807, 2.05) is 6.07 Å². The van der Waals surface area contributed by atoms with Crippen LogP contribution in [0.2, 0.25) is 0 Å². The number of aliphatic imine (C=N–C) groups is 1. The van der Waals surface area contributed by atoms with Gasteiger partial charge in [0, 0.05) is 13.1 Å². The number of nitrogens with two attached hydrogens (primary N) is 1. The van der Waals surface area contributed by atoms with Gasteiger partial charge in [-0.1, -0.05) is 17.7 Å². The molecule has 92 valence electrons. The van der Waals surface area contributed by atoms with Gasteiger partial charge in [-0.2, -0.15) is 0 Å². The third kappa shape index (κ3) is 2.97. The van der Waals surface area contributed by atoms with Crippen LogP contribution < -0.4 is 5.73 Å². The lowest BCUT2D eigenvalue weighted by atomic mass is 10.1. The van der Waals surface area contributed by atoms with E-state index in [0.29, 0.717) is 5.96 Å². The molecular weight excluding hydrogens is 214 g/mol. The summed E-state index contributed by atoms with van der Waals surface area (Å²) < 4.78 is 5.29. The summed E-state index contributed by atoms with van der Waals surface area (Å²) in [6.07, 6.45) is 0. The fraction of sp³-hybridized carbons (Fsp3) is 0.462. The smallest absolute Gasteiger partial charge is 0.196 e. The molecule has 1 saturated heterocycles. The minimum absolute atomic E-state index is 0.584. The first kappa shape index (κ1) is 11.9. The van der Waals surface area contributed by atoms with E-state index in [4.69, 9.17) is 10.5 Å². The molecule has 17 heavy (non-hydrogen) atoms. The molecule has 0 amide bonds. The third-order valence-corrected chi connectivity index (χ3v) is 2.92. The molecule has 0 aromatic heterocycles. The summed E-state index contributed by atoms with van der Waals surface area (Å²) in [5.74, 6) is 0.584. The van der Waals surface area contributed by atoms with Gasteiger partial charge < -0.3 is 15.4 Å². The van der Waals surface area contributed by atoms with Crippen molar-refractivity contribution in [3.8, 4) is 0 Å². The molecule has 4 nitrogen and oxygen atoms in total. The maximum absolute atomic E-state index is 6.01. The summed E-state index contributed by atoms with van der Waals surface area (Å²) in [6.45, 7) is 7.22. The van der Waals surface area contributed by atoms with Crippen molar-refractivity contribution in [1.29, 1.82) is 0 Å². The second-order valence-electron chi connectivity index (χ2n) is 4.36. The second kappa shape index (κ2) is 5.19. The molecule has 0 spiro atoms. The van der Waals surface area contributed by atoms with E-state index in [9.17, 15) is 0 Å². The second-order valence-corrected chi connectivity index (χ2v) is 4.36. The maximum atomic E-state index is 6.01. The highest BCUT2D eigenvalue weighted by molar-refractivity contribution is 5.81. The third-order valence-electron chi connectivity index (χ3n) is 2.92. The molecule has 2 rings (SSSR count). The van der Waals surface area contributed by atoms with Crippen LogP contribution in [0, 0.1) is 13.8 Å². The van der Waals surface area contributed by atoms with Crippen LogP contribution in [-0.2, 0) is 4.74 Å². The van der Waals surface area contributed by atoms with Gasteiger partial charge in [0.2, 0.25) is 0 Å². The Labute approximate surface area is 102 Å². The quantitative estimate of drug-likeness (QED) is 0.592. The van der Waals surface area contributed by atoms with Crippen molar-refractivity contribution >= 4 is 11.6 Å². The summed E-state index contributed by atoms with van der Waals surface area (Å²) in [5, 5.41) is 0. The average Bonchev–Trinajstić information content (AvgIpc) is 2.34. The Morgan fingerprint density at radius 2 is 2.00 bits per heavy atom. The molecule has 2 N–H and O–H groups in total. The summed E-state index contributed by atoms with van der Waals surface area (Å²) in [5.41, 5.74) is 9.35. The first-order chi connectivity index (χ1) is 8.16. The first-order valence-corrected chi connectivity index (χ1v) is 5.91. The van der Waals surface area contributed by atoms with Crippen LogP contribution in [0.5, 0.6) is 0 Å². The number of nitrogens with zero attached hydrogens (tertiary/aromatic N) is 2. The summed E-state index contributed by atoms with van der Waals surface area (Å²) in [4.78, 5) is 6.55. The zero-order chi connectivity index (χ0) is 12.3. The van der Waals surface area contributed by atoms with Crippen LogP contribution >= 0.6 is 0 Å². The zero-order valence-corrected chi connectivity index (χ0v) is 10.4. The molecule has 0 bridgehead atoms. The SMILES string of the molecule is Cc1ccc(N=C(N)N2CCOCC2)c(C)c1. The zero-order valence-electron chi connectivity index (χ0n) is 10.4. The Hall–Kier alpha value is -1.55. The van der Waals surface area contributed by atoms with Crippen LogP contribution in [0.3, 0.4) is 0 Å². The van der Waals surface area contributed by atoms with Crippen molar-refractivity contribution in [3.63, 3.8) is 0 Å². The number of benzene rings is 1. The van der Waals surface area contributed by atoms with Crippen molar-refractivity contribution in [2.24, 2.45) is 10.7 Å². The predicted molar refractivity (Wildman–Crippen MR) is 69.6 cm³/mol. The number of ether oxygens (including phenoxy) is 1. The molecule has 0 radical (unpaired) electrons. The Morgan fingerprint density at radius 1 is 1.29 bits per heavy atom. The fourth-order valence-corrected chi connectivity index (χ4v) is 1.92. The molecule has 0 atom stereocenters.